The van der Waals surface area contributed by atoms with Crippen LogP contribution in [0.15, 0.2) is 10.7 Å². The smallest absolute Gasteiger partial charge is 0.290 e. The van der Waals surface area contributed by atoms with E-state index in [1.807, 2.05) is 6.92 Å². The first kappa shape index (κ1) is 10.7. The van der Waals surface area contributed by atoms with E-state index in [-0.39, 0.29) is 24.3 Å². The maximum atomic E-state index is 11.5. The molecule has 0 radical (unpaired) electrons. The van der Waals surface area contributed by atoms with E-state index >= 15 is 0 Å². The van der Waals surface area contributed by atoms with Crippen molar-refractivity contribution in [3.05, 3.63) is 17.5 Å². The third-order valence-corrected chi connectivity index (χ3v) is 2.00. The Hall–Kier alpha value is -1.36. The maximum Gasteiger partial charge on any atom is 0.290 e. The number of aromatic nitrogens is 1. The van der Waals surface area contributed by atoms with Crippen LogP contribution in [0.4, 0.5) is 0 Å². The average Bonchev–Trinajstić information content (AvgIpc) is 2.60. The van der Waals surface area contributed by atoms with Crippen LogP contribution in [-0.2, 0) is 0 Å². The minimum absolute atomic E-state index is 0.0740. The van der Waals surface area contributed by atoms with Gasteiger partial charge in [0.2, 0.25) is 5.76 Å². The van der Waals surface area contributed by atoms with Crippen molar-refractivity contribution in [2.75, 3.05) is 6.61 Å². The number of aliphatic hydroxyl groups is 1. The molecular formula is C9H14N2O3. The van der Waals surface area contributed by atoms with Gasteiger partial charge in [-0.3, -0.25) is 4.79 Å². The second-order valence-corrected chi connectivity index (χ2v) is 3.10. The topological polar surface area (TPSA) is 75.4 Å². The summed E-state index contributed by atoms with van der Waals surface area (Å²) < 4.78 is 4.77. The van der Waals surface area contributed by atoms with Crippen LogP contribution in [-0.4, -0.2) is 28.8 Å². The Morgan fingerprint density at radius 1 is 1.79 bits per heavy atom. The van der Waals surface area contributed by atoms with Crippen LogP contribution in [0.2, 0.25) is 0 Å². The van der Waals surface area contributed by atoms with Crippen LogP contribution in [0.3, 0.4) is 0 Å². The SMILES string of the molecule is CC[C@H](CO)NC(=O)c1oncc1C. The molecule has 1 rings (SSSR count). The lowest BCUT2D eigenvalue weighted by atomic mass is 10.2. The summed E-state index contributed by atoms with van der Waals surface area (Å²) in [5.41, 5.74) is 0.690. The fraction of sp³-hybridized carbons (Fsp3) is 0.556. The van der Waals surface area contributed by atoms with Gasteiger partial charge in [-0.15, -0.1) is 0 Å². The Labute approximate surface area is 82.1 Å². The fourth-order valence-electron chi connectivity index (χ4n) is 1.04. The number of aliphatic hydroxyl groups excluding tert-OH is 1. The maximum absolute atomic E-state index is 11.5. The number of amides is 1. The van der Waals surface area contributed by atoms with E-state index in [0.717, 1.165) is 0 Å². The van der Waals surface area contributed by atoms with Crippen molar-refractivity contribution in [2.45, 2.75) is 26.3 Å². The number of aryl methyl sites for hydroxylation is 1. The summed E-state index contributed by atoms with van der Waals surface area (Å²) in [6.45, 7) is 3.55. The van der Waals surface area contributed by atoms with Crippen LogP contribution in [0.25, 0.3) is 0 Å². The minimum Gasteiger partial charge on any atom is -0.394 e. The molecular weight excluding hydrogens is 184 g/mol. The number of carbonyl (C=O) groups excluding carboxylic acids is 1. The van der Waals surface area contributed by atoms with E-state index in [9.17, 15) is 4.79 Å². The highest BCUT2D eigenvalue weighted by molar-refractivity contribution is 5.92. The quantitative estimate of drug-likeness (QED) is 0.738. The van der Waals surface area contributed by atoms with E-state index in [1.165, 1.54) is 6.20 Å². The number of nitrogens with one attached hydrogen (secondary N) is 1. The molecule has 1 heterocycles. The van der Waals surface area contributed by atoms with Gasteiger partial charge in [-0.25, -0.2) is 0 Å². The zero-order chi connectivity index (χ0) is 10.6. The Morgan fingerprint density at radius 2 is 2.50 bits per heavy atom. The molecule has 1 aromatic rings. The van der Waals surface area contributed by atoms with Gasteiger partial charge in [-0.2, -0.15) is 0 Å². The first-order chi connectivity index (χ1) is 6.69. The predicted octanol–water partition coefficient (Wildman–Crippen LogP) is 0.484. The van der Waals surface area contributed by atoms with Crippen molar-refractivity contribution >= 4 is 5.91 Å². The van der Waals surface area contributed by atoms with E-state index in [0.29, 0.717) is 12.0 Å². The molecule has 1 amide bonds. The van der Waals surface area contributed by atoms with Gasteiger partial charge in [-0.1, -0.05) is 12.1 Å². The van der Waals surface area contributed by atoms with Crippen molar-refractivity contribution in [3.63, 3.8) is 0 Å². The average molecular weight is 198 g/mol. The standard InChI is InChI=1S/C9H14N2O3/c1-3-7(5-12)11-9(13)8-6(2)4-10-14-8/h4,7,12H,3,5H2,1-2H3,(H,11,13)/t7-/m1/s1. The third-order valence-electron chi connectivity index (χ3n) is 2.00. The molecule has 14 heavy (non-hydrogen) atoms. The van der Waals surface area contributed by atoms with Crippen molar-refractivity contribution in [1.29, 1.82) is 0 Å². The van der Waals surface area contributed by atoms with Gasteiger partial charge in [0, 0.05) is 5.56 Å². The van der Waals surface area contributed by atoms with Gasteiger partial charge in [0.25, 0.3) is 5.91 Å². The molecule has 0 aromatic carbocycles. The summed E-state index contributed by atoms with van der Waals surface area (Å²) in [5, 5.41) is 15.0. The molecule has 0 saturated heterocycles. The largest absolute Gasteiger partial charge is 0.394 e. The van der Waals surface area contributed by atoms with E-state index in [1.54, 1.807) is 6.92 Å². The van der Waals surface area contributed by atoms with Crippen LogP contribution in [0.1, 0.15) is 29.5 Å². The van der Waals surface area contributed by atoms with Crippen LogP contribution in [0.5, 0.6) is 0 Å². The molecule has 1 aromatic heterocycles. The molecule has 2 N–H and O–H groups in total. The van der Waals surface area contributed by atoms with Gasteiger partial charge in [0.1, 0.15) is 0 Å². The third kappa shape index (κ3) is 2.32. The molecule has 5 nitrogen and oxygen atoms in total. The second kappa shape index (κ2) is 4.76. The number of hydrogen-bond donors (Lipinski definition) is 2. The highest BCUT2D eigenvalue weighted by Crippen LogP contribution is 2.06. The molecule has 0 fully saturated rings. The number of rotatable bonds is 4. The van der Waals surface area contributed by atoms with Gasteiger partial charge in [0.15, 0.2) is 0 Å². The zero-order valence-corrected chi connectivity index (χ0v) is 8.28. The molecule has 0 aliphatic carbocycles. The van der Waals surface area contributed by atoms with Crippen LogP contribution < -0.4 is 5.32 Å². The first-order valence-corrected chi connectivity index (χ1v) is 4.52. The molecule has 1 atom stereocenters. The highest BCUT2D eigenvalue weighted by atomic mass is 16.5. The second-order valence-electron chi connectivity index (χ2n) is 3.10. The summed E-state index contributed by atoms with van der Waals surface area (Å²) in [5.74, 6) is -0.127. The molecule has 0 unspecified atom stereocenters. The number of carbonyl (C=O) groups is 1. The lowest BCUT2D eigenvalue weighted by molar-refractivity contribution is 0.0877. The van der Waals surface area contributed by atoms with Gasteiger partial charge >= 0.3 is 0 Å². The van der Waals surface area contributed by atoms with Crippen LogP contribution >= 0.6 is 0 Å². The molecule has 5 heteroatoms. The molecule has 0 bridgehead atoms. The van der Waals surface area contributed by atoms with E-state index in [4.69, 9.17) is 9.63 Å². The fourth-order valence-corrected chi connectivity index (χ4v) is 1.04. The Kier molecular flexibility index (Phi) is 3.64. The first-order valence-electron chi connectivity index (χ1n) is 4.52. The summed E-state index contributed by atoms with van der Waals surface area (Å²) >= 11 is 0. The number of hydrogen-bond acceptors (Lipinski definition) is 4. The van der Waals surface area contributed by atoms with Crippen molar-refractivity contribution in [1.82, 2.24) is 10.5 Å². The molecule has 0 saturated carbocycles. The van der Waals surface area contributed by atoms with Crippen molar-refractivity contribution in [2.24, 2.45) is 0 Å². The van der Waals surface area contributed by atoms with Crippen molar-refractivity contribution < 1.29 is 14.4 Å². The molecule has 0 spiro atoms. The summed E-state index contributed by atoms with van der Waals surface area (Å²) in [6, 6.07) is -0.230. The molecule has 78 valence electrons. The van der Waals surface area contributed by atoms with Crippen LogP contribution in [0, 0.1) is 6.92 Å². The Balaban J connectivity index is 2.63. The normalized spacial score (nSPS) is 12.5. The lowest BCUT2D eigenvalue weighted by Gasteiger charge is -2.12. The lowest BCUT2D eigenvalue weighted by Crippen LogP contribution is -2.37. The van der Waals surface area contributed by atoms with Crippen molar-refractivity contribution in [3.8, 4) is 0 Å². The zero-order valence-electron chi connectivity index (χ0n) is 8.28. The molecule has 0 aliphatic rings. The Bertz CT molecular complexity index is 305. The number of nitrogens with zero attached hydrogens (tertiary/aromatic N) is 1. The summed E-state index contributed by atoms with van der Waals surface area (Å²) in [7, 11) is 0. The van der Waals surface area contributed by atoms with Gasteiger partial charge in [0.05, 0.1) is 18.8 Å². The highest BCUT2D eigenvalue weighted by Gasteiger charge is 2.16. The van der Waals surface area contributed by atoms with E-state index < -0.39 is 0 Å². The van der Waals surface area contributed by atoms with E-state index in [2.05, 4.69) is 10.5 Å². The Morgan fingerprint density at radius 3 is 2.93 bits per heavy atom. The summed E-state index contributed by atoms with van der Waals surface area (Å²) in [4.78, 5) is 11.5. The monoisotopic (exact) mass is 198 g/mol. The molecule has 0 aliphatic heterocycles. The van der Waals surface area contributed by atoms with Gasteiger partial charge < -0.3 is 14.9 Å². The van der Waals surface area contributed by atoms with Gasteiger partial charge in [-0.05, 0) is 13.3 Å². The summed E-state index contributed by atoms with van der Waals surface area (Å²) in [6.07, 6.45) is 2.16. The predicted molar refractivity (Wildman–Crippen MR) is 49.9 cm³/mol. The minimum atomic E-state index is -0.332.